The van der Waals surface area contributed by atoms with Gasteiger partial charge < -0.3 is 14.2 Å². The molecule has 184 valence electrons. The zero-order valence-electron chi connectivity index (χ0n) is 19.6. The molecule has 1 aromatic carbocycles. The van der Waals surface area contributed by atoms with Gasteiger partial charge in [0.05, 0.1) is 11.8 Å². The minimum absolute atomic E-state index is 0.135. The van der Waals surface area contributed by atoms with Gasteiger partial charge >= 0.3 is 0 Å². The Bertz CT molecular complexity index is 1350. The van der Waals surface area contributed by atoms with Crippen LogP contribution in [0.3, 0.4) is 0 Å². The summed E-state index contributed by atoms with van der Waals surface area (Å²) in [4.78, 5) is 34.1. The molecule has 3 aromatic rings. The topological polar surface area (TPSA) is 104 Å². The number of fused-ring (bicyclic) bond motifs is 1. The summed E-state index contributed by atoms with van der Waals surface area (Å²) >= 11 is 0. The van der Waals surface area contributed by atoms with Gasteiger partial charge in [0.25, 0.3) is 5.91 Å². The fourth-order valence-corrected chi connectivity index (χ4v) is 6.51. The number of hydrogen-bond donors (Lipinski definition) is 0. The van der Waals surface area contributed by atoms with Crippen LogP contribution in [0.1, 0.15) is 35.4 Å². The number of amides is 2. The highest BCUT2D eigenvalue weighted by molar-refractivity contribution is 7.89. The van der Waals surface area contributed by atoms with Gasteiger partial charge in [-0.2, -0.15) is 4.31 Å². The van der Waals surface area contributed by atoms with Crippen LogP contribution in [0.2, 0.25) is 0 Å². The van der Waals surface area contributed by atoms with Crippen LogP contribution < -0.4 is 0 Å². The second-order valence-electron chi connectivity index (χ2n) is 9.06. The van der Waals surface area contributed by atoms with Gasteiger partial charge in [-0.05, 0) is 56.0 Å². The van der Waals surface area contributed by atoms with E-state index in [-0.39, 0.29) is 48.6 Å². The third-order valence-corrected chi connectivity index (χ3v) is 8.69. The molecule has 0 N–H and O–H groups in total. The largest absolute Gasteiger partial charge is 0.459 e. The molecule has 2 aliphatic rings. The first-order valence-electron chi connectivity index (χ1n) is 11.8. The first-order valence-corrected chi connectivity index (χ1v) is 13.3. The summed E-state index contributed by atoms with van der Waals surface area (Å²) in [6.07, 6.45) is 5.39. The first-order chi connectivity index (χ1) is 16.9. The molecule has 0 spiro atoms. The maximum Gasteiger partial charge on any atom is 0.290 e. The van der Waals surface area contributed by atoms with E-state index in [4.69, 9.17) is 4.42 Å². The van der Waals surface area contributed by atoms with Crippen LogP contribution in [0.25, 0.3) is 10.9 Å². The lowest BCUT2D eigenvalue weighted by Gasteiger charge is -2.40. The Hall–Kier alpha value is -3.24. The quantitative estimate of drug-likeness (QED) is 0.550. The number of piperidine rings is 1. The smallest absolute Gasteiger partial charge is 0.290 e. The highest BCUT2D eigenvalue weighted by Gasteiger charge is 2.38. The van der Waals surface area contributed by atoms with Crippen molar-refractivity contribution in [3.8, 4) is 0 Å². The number of pyridine rings is 1. The lowest BCUT2D eigenvalue weighted by Crippen LogP contribution is -2.57. The van der Waals surface area contributed by atoms with E-state index < -0.39 is 16.1 Å². The van der Waals surface area contributed by atoms with Crippen LogP contribution in [0.15, 0.2) is 58.2 Å². The lowest BCUT2D eigenvalue weighted by molar-refractivity contribution is -0.138. The van der Waals surface area contributed by atoms with Crippen molar-refractivity contribution in [3.05, 3.63) is 60.2 Å². The predicted octanol–water partition coefficient (Wildman–Crippen LogP) is 2.66. The van der Waals surface area contributed by atoms with Crippen molar-refractivity contribution in [2.45, 2.75) is 37.1 Å². The summed E-state index contributed by atoms with van der Waals surface area (Å²) in [6, 6.07) is 9.77. The first kappa shape index (κ1) is 23.5. The molecule has 2 aliphatic heterocycles. The Kier molecular flexibility index (Phi) is 6.33. The van der Waals surface area contributed by atoms with Crippen LogP contribution in [-0.4, -0.2) is 78.1 Å². The molecular weight excluding hydrogens is 468 g/mol. The summed E-state index contributed by atoms with van der Waals surface area (Å²) in [5.41, 5.74) is 1.41. The van der Waals surface area contributed by atoms with Gasteiger partial charge in [-0.3, -0.25) is 14.6 Å². The third kappa shape index (κ3) is 4.43. The molecule has 0 bridgehead atoms. The standard InChI is InChI=1S/C25H28N4O5S/c1-18-16-19-6-4-9-22(23(19)26-17-18)35(32,33)28-13-11-27(12-14-28)24(30)20-7-2-3-10-29(20)25(31)21-8-5-15-34-21/h4-6,8-9,15-17,20H,2-3,7,10-14H2,1H3. The van der Waals surface area contributed by atoms with Gasteiger partial charge in [-0.25, -0.2) is 8.42 Å². The predicted molar refractivity (Wildman–Crippen MR) is 129 cm³/mol. The normalized spacial score (nSPS) is 19.7. The van der Waals surface area contributed by atoms with E-state index in [9.17, 15) is 18.0 Å². The third-order valence-electron chi connectivity index (χ3n) is 6.76. The van der Waals surface area contributed by atoms with Crippen LogP contribution >= 0.6 is 0 Å². The van der Waals surface area contributed by atoms with Crippen molar-refractivity contribution in [3.63, 3.8) is 0 Å². The van der Waals surface area contributed by atoms with Crippen LogP contribution in [0, 0.1) is 6.92 Å². The number of benzene rings is 1. The fraction of sp³-hybridized carbons (Fsp3) is 0.400. The van der Waals surface area contributed by atoms with Gasteiger partial charge in [-0.15, -0.1) is 0 Å². The molecule has 2 aromatic heterocycles. The number of rotatable bonds is 4. The highest BCUT2D eigenvalue weighted by Crippen LogP contribution is 2.27. The zero-order valence-corrected chi connectivity index (χ0v) is 20.4. The molecule has 0 saturated carbocycles. The Morgan fingerprint density at radius 1 is 1.03 bits per heavy atom. The zero-order chi connectivity index (χ0) is 24.6. The minimum Gasteiger partial charge on any atom is -0.459 e. The monoisotopic (exact) mass is 496 g/mol. The van der Waals surface area contributed by atoms with E-state index in [2.05, 4.69) is 4.98 Å². The summed E-state index contributed by atoms with van der Waals surface area (Å²) in [5.74, 6) is -0.198. The molecule has 1 atom stereocenters. The SMILES string of the molecule is Cc1cnc2c(S(=O)(=O)N3CCN(C(=O)C4CCCCN4C(=O)c4ccco4)CC3)cccc2c1. The van der Waals surface area contributed by atoms with Crippen molar-refractivity contribution in [2.75, 3.05) is 32.7 Å². The number of hydrogen-bond acceptors (Lipinski definition) is 6. The molecule has 35 heavy (non-hydrogen) atoms. The number of carbonyl (C=O) groups excluding carboxylic acids is 2. The highest BCUT2D eigenvalue weighted by atomic mass is 32.2. The second kappa shape index (κ2) is 9.43. The van der Waals surface area contributed by atoms with E-state index in [1.165, 1.54) is 10.6 Å². The number of furan rings is 1. The Morgan fingerprint density at radius 2 is 1.83 bits per heavy atom. The molecule has 0 aliphatic carbocycles. The maximum atomic E-state index is 13.5. The maximum absolute atomic E-state index is 13.5. The summed E-state index contributed by atoms with van der Waals surface area (Å²) in [6.45, 7) is 3.34. The molecule has 2 saturated heterocycles. The van der Waals surface area contributed by atoms with E-state index in [0.717, 1.165) is 23.8 Å². The van der Waals surface area contributed by atoms with Crippen LogP contribution in [0.5, 0.6) is 0 Å². The number of aromatic nitrogens is 1. The molecule has 0 radical (unpaired) electrons. The fourth-order valence-electron chi connectivity index (χ4n) is 4.92. The Balaban J connectivity index is 1.30. The molecule has 2 fully saturated rings. The van der Waals surface area contributed by atoms with Crippen molar-refractivity contribution in [1.82, 2.24) is 19.1 Å². The van der Waals surface area contributed by atoms with Gasteiger partial charge in [0.2, 0.25) is 15.9 Å². The van der Waals surface area contributed by atoms with Crippen molar-refractivity contribution >= 4 is 32.7 Å². The summed E-state index contributed by atoms with van der Waals surface area (Å²) in [5, 5.41) is 0.776. The summed E-state index contributed by atoms with van der Waals surface area (Å²) in [7, 11) is -3.77. The molecule has 4 heterocycles. The van der Waals surface area contributed by atoms with E-state index >= 15 is 0 Å². The number of carbonyl (C=O) groups is 2. The van der Waals surface area contributed by atoms with Gasteiger partial charge in [0.1, 0.15) is 10.9 Å². The van der Waals surface area contributed by atoms with E-state index in [1.807, 2.05) is 19.1 Å². The molecule has 5 rings (SSSR count). The van der Waals surface area contributed by atoms with Gasteiger partial charge in [0, 0.05) is 44.3 Å². The van der Waals surface area contributed by atoms with Crippen molar-refractivity contribution in [2.24, 2.45) is 0 Å². The summed E-state index contributed by atoms with van der Waals surface area (Å²) < 4.78 is 33.6. The van der Waals surface area contributed by atoms with Crippen LogP contribution in [0.4, 0.5) is 0 Å². The molecule has 1 unspecified atom stereocenters. The average molecular weight is 497 g/mol. The number of para-hydroxylation sites is 1. The molecule has 9 nitrogen and oxygen atoms in total. The number of likely N-dealkylation sites (tertiary alicyclic amines) is 1. The van der Waals surface area contributed by atoms with Crippen molar-refractivity contribution < 1.29 is 22.4 Å². The average Bonchev–Trinajstić information content (AvgIpc) is 3.42. The lowest BCUT2D eigenvalue weighted by atomic mass is 10.00. The minimum atomic E-state index is -3.77. The number of piperazine rings is 1. The van der Waals surface area contributed by atoms with Crippen molar-refractivity contribution in [1.29, 1.82) is 0 Å². The van der Waals surface area contributed by atoms with E-state index in [0.29, 0.717) is 18.5 Å². The van der Waals surface area contributed by atoms with Gasteiger partial charge in [-0.1, -0.05) is 12.1 Å². The second-order valence-corrected chi connectivity index (χ2v) is 11.0. The van der Waals surface area contributed by atoms with Crippen LogP contribution in [-0.2, 0) is 14.8 Å². The number of sulfonamides is 1. The molecule has 2 amide bonds. The Labute approximate surface area is 204 Å². The number of aryl methyl sites for hydroxylation is 1. The van der Waals surface area contributed by atoms with E-state index in [1.54, 1.807) is 40.3 Å². The number of nitrogens with zero attached hydrogens (tertiary/aromatic N) is 4. The molecule has 10 heteroatoms. The molecular formula is C25H28N4O5S. The Morgan fingerprint density at radius 3 is 2.57 bits per heavy atom. The van der Waals surface area contributed by atoms with Gasteiger partial charge in [0.15, 0.2) is 5.76 Å².